The van der Waals surface area contributed by atoms with Crippen molar-refractivity contribution < 1.29 is 4.79 Å². The number of nitrogens with zero attached hydrogens (tertiary/aromatic N) is 2. The van der Waals surface area contributed by atoms with Crippen molar-refractivity contribution in [3.05, 3.63) is 58.6 Å². The quantitative estimate of drug-likeness (QED) is 0.760. The Morgan fingerprint density at radius 2 is 2.13 bits per heavy atom. The Bertz CT molecular complexity index is 787. The lowest BCUT2D eigenvalue weighted by Gasteiger charge is -2.10. The third-order valence-electron chi connectivity index (χ3n) is 2.78. The van der Waals surface area contributed by atoms with Crippen molar-refractivity contribution in [2.45, 2.75) is 5.03 Å². The molecule has 2 aromatic rings. The number of halogens is 1. The minimum atomic E-state index is -0.404. The number of rotatable bonds is 5. The Labute approximate surface area is 146 Å². The van der Waals surface area contributed by atoms with Crippen molar-refractivity contribution >= 4 is 45.1 Å². The number of hydrogen-bond acceptors (Lipinski definition) is 5. The van der Waals surface area contributed by atoms with Crippen LogP contribution in [0.2, 0.25) is 0 Å². The van der Waals surface area contributed by atoms with Gasteiger partial charge in [0.15, 0.2) is 0 Å². The molecule has 0 aliphatic heterocycles. The number of hydrogen-bond donors (Lipinski definition) is 2. The van der Waals surface area contributed by atoms with E-state index >= 15 is 0 Å². The van der Waals surface area contributed by atoms with E-state index in [0.29, 0.717) is 22.0 Å². The maximum Gasteiger partial charge on any atom is 0.259 e. The van der Waals surface area contributed by atoms with E-state index in [9.17, 15) is 10.1 Å². The van der Waals surface area contributed by atoms with Gasteiger partial charge in [-0.15, -0.1) is 0 Å². The Kier molecular flexibility index (Phi) is 5.79. The molecule has 0 aliphatic carbocycles. The zero-order chi connectivity index (χ0) is 16.8. The highest BCUT2D eigenvalue weighted by atomic mass is 79.9. The van der Waals surface area contributed by atoms with Crippen LogP contribution < -0.4 is 11.1 Å². The number of thioether (sulfide) groups is 1. The van der Waals surface area contributed by atoms with Crippen molar-refractivity contribution in [3.8, 4) is 6.07 Å². The first-order valence-corrected chi connectivity index (χ1v) is 8.32. The Balaban J connectivity index is 2.27. The molecular formula is C16H13BrN4OS. The van der Waals surface area contributed by atoms with E-state index < -0.39 is 5.91 Å². The summed E-state index contributed by atoms with van der Waals surface area (Å²) >= 11 is 4.58. The molecule has 116 valence electrons. The average molecular weight is 389 g/mol. The second-order valence-electron chi connectivity index (χ2n) is 4.51. The summed E-state index contributed by atoms with van der Waals surface area (Å²) in [5.74, 6) is 0.232. The fraction of sp³-hybridized carbons (Fsp3) is 0.0625. The molecule has 0 saturated carbocycles. The van der Waals surface area contributed by atoms with Crippen LogP contribution in [0.5, 0.6) is 0 Å². The molecule has 1 amide bonds. The number of amides is 1. The Morgan fingerprint density at radius 1 is 1.43 bits per heavy atom. The van der Waals surface area contributed by atoms with Crippen LogP contribution in [-0.4, -0.2) is 16.6 Å². The van der Waals surface area contributed by atoms with Gasteiger partial charge in [0.05, 0.1) is 11.1 Å². The SMILES string of the molecule is C=C(Br)CSc1nc(N)c(C(=O)Nc2ccccc2)cc1C#N. The second kappa shape index (κ2) is 7.81. The Hall–Kier alpha value is -2.30. The van der Waals surface area contributed by atoms with E-state index in [1.165, 1.54) is 17.8 Å². The molecule has 0 unspecified atom stereocenters. The van der Waals surface area contributed by atoms with Crippen molar-refractivity contribution in [3.63, 3.8) is 0 Å². The van der Waals surface area contributed by atoms with Crippen LogP contribution >= 0.6 is 27.7 Å². The van der Waals surface area contributed by atoms with Gasteiger partial charge in [-0.2, -0.15) is 5.26 Å². The number of benzene rings is 1. The summed E-state index contributed by atoms with van der Waals surface area (Å²) in [6, 6.07) is 12.5. The highest BCUT2D eigenvalue weighted by Crippen LogP contribution is 2.27. The van der Waals surface area contributed by atoms with Crippen molar-refractivity contribution in [1.29, 1.82) is 5.26 Å². The fourth-order valence-corrected chi connectivity index (χ4v) is 2.81. The van der Waals surface area contributed by atoms with Crippen LogP contribution in [0.1, 0.15) is 15.9 Å². The molecule has 0 radical (unpaired) electrons. The number of carbonyl (C=O) groups is 1. The lowest BCUT2D eigenvalue weighted by Crippen LogP contribution is -2.15. The zero-order valence-electron chi connectivity index (χ0n) is 12.0. The van der Waals surface area contributed by atoms with Crippen molar-refractivity contribution in [1.82, 2.24) is 4.98 Å². The monoisotopic (exact) mass is 388 g/mol. The lowest BCUT2D eigenvalue weighted by atomic mass is 10.2. The van der Waals surface area contributed by atoms with Gasteiger partial charge in [0.1, 0.15) is 16.9 Å². The first kappa shape index (κ1) is 17.1. The summed E-state index contributed by atoms with van der Waals surface area (Å²) in [5, 5.41) is 12.5. The predicted molar refractivity (Wildman–Crippen MR) is 96.6 cm³/mol. The van der Waals surface area contributed by atoms with Gasteiger partial charge in [0, 0.05) is 11.4 Å². The van der Waals surface area contributed by atoms with Gasteiger partial charge in [0.25, 0.3) is 5.91 Å². The molecule has 5 nitrogen and oxygen atoms in total. The molecule has 7 heteroatoms. The topological polar surface area (TPSA) is 91.8 Å². The molecule has 0 bridgehead atoms. The van der Waals surface area contributed by atoms with Gasteiger partial charge in [-0.25, -0.2) is 4.98 Å². The number of para-hydroxylation sites is 1. The van der Waals surface area contributed by atoms with Gasteiger partial charge in [0.2, 0.25) is 0 Å². The molecule has 0 saturated heterocycles. The maximum atomic E-state index is 12.3. The molecular weight excluding hydrogens is 376 g/mol. The van der Waals surface area contributed by atoms with E-state index in [1.807, 2.05) is 24.3 Å². The molecule has 0 atom stereocenters. The number of nitrogen functional groups attached to an aromatic ring is 1. The molecule has 0 spiro atoms. The average Bonchev–Trinajstić information content (AvgIpc) is 2.53. The molecule has 1 heterocycles. The summed E-state index contributed by atoms with van der Waals surface area (Å²) in [4.78, 5) is 16.5. The van der Waals surface area contributed by atoms with Gasteiger partial charge in [-0.1, -0.05) is 52.5 Å². The number of nitriles is 1. The first-order valence-electron chi connectivity index (χ1n) is 6.54. The number of carbonyl (C=O) groups excluding carboxylic acids is 1. The van der Waals surface area contributed by atoms with Gasteiger partial charge in [-0.3, -0.25) is 4.79 Å². The smallest absolute Gasteiger partial charge is 0.259 e. The maximum absolute atomic E-state index is 12.3. The highest BCUT2D eigenvalue weighted by Gasteiger charge is 2.16. The normalized spacial score (nSPS) is 9.91. The summed E-state index contributed by atoms with van der Waals surface area (Å²) in [6.45, 7) is 3.73. The molecule has 0 aliphatic rings. The minimum absolute atomic E-state index is 0.0834. The number of pyridine rings is 1. The summed E-state index contributed by atoms with van der Waals surface area (Å²) in [6.07, 6.45) is 0. The van der Waals surface area contributed by atoms with Crippen LogP contribution in [0.15, 0.2) is 52.5 Å². The van der Waals surface area contributed by atoms with E-state index in [4.69, 9.17) is 5.73 Å². The van der Waals surface area contributed by atoms with E-state index in [2.05, 4.69) is 32.8 Å². The largest absolute Gasteiger partial charge is 0.383 e. The van der Waals surface area contributed by atoms with Gasteiger partial charge < -0.3 is 11.1 Å². The van der Waals surface area contributed by atoms with Crippen LogP contribution in [-0.2, 0) is 0 Å². The van der Waals surface area contributed by atoms with Crippen LogP contribution in [0, 0.1) is 11.3 Å². The predicted octanol–water partition coefficient (Wildman–Crippen LogP) is 3.79. The molecule has 23 heavy (non-hydrogen) atoms. The standard InChI is InChI=1S/C16H13BrN4OS/c1-10(17)9-23-16-11(8-18)7-13(14(19)21-16)15(22)20-12-5-3-2-4-6-12/h2-7H,1,9H2,(H2,19,21)(H,20,22). The van der Waals surface area contributed by atoms with E-state index in [1.54, 1.807) is 12.1 Å². The Morgan fingerprint density at radius 3 is 2.74 bits per heavy atom. The number of nitrogens with one attached hydrogen (secondary N) is 1. The lowest BCUT2D eigenvalue weighted by molar-refractivity contribution is 0.102. The van der Waals surface area contributed by atoms with Gasteiger partial charge >= 0.3 is 0 Å². The number of aromatic nitrogens is 1. The number of nitrogens with two attached hydrogens (primary N) is 1. The first-order chi connectivity index (χ1) is 11.0. The van der Waals surface area contributed by atoms with Crippen LogP contribution in [0.25, 0.3) is 0 Å². The summed E-state index contributed by atoms with van der Waals surface area (Å²) < 4.78 is 0.776. The number of anilines is 2. The van der Waals surface area contributed by atoms with E-state index in [0.717, 1.165) is 4.48 Å². The third-order valence-corrected chi connectivity index (χ3v) is 4.51. The molecule has 2 rings (SSSR count). The highest BCUT2D eigenvalue weighted by molar-refractivity contribution is 9.11. The molecule has 3 N–H and O–H groups in total. The van der Waals surface area contributed by atoms with Gasteiger partial charge in [-0.05, 0) is 22.7 Å². The molecule has 0 fully saturated rings. The summed E-state index contributed by atoms with van der Waals surface area (Å²) in [5.41, 5.74) is 7.00. The fourth-order valence-electron chi connectivity index (χ4n) is 1.75. The molecule has 1 aromatic heterocycles. The second-order valence-corrected chi connectivity index (χ2v) is 6.60. The van der Waals surface area contributed by atoms with Crippen LogP contribution in [0.3, 0.4) is 0 Å². The van der Waals surface area contributed by atoms with E-state index in [-0.39, 0.29) is 11.4 Å². The third kappa shape index (κ3) is 4.58. The zero-order valence-corrected chi connectivity index (χ0v) is 14.4. The molecule has 1 aromatic carbocycles. The van der Waals surface area contributed by atoms with Crippen molar-refractivity contribution in [2.75, 3.05) is 16.8 Å². The van der Waals surface area contributed by atoms with Crippen molar-refractivity contribution in [2.24, 2.45) is 0 Å². The summed E-state index contributed by atoms with van der Waals surface area (Å²) in [7, 11) is 0. The minimum Gasteiger partial charge on any atom is -0.383 e. The van der Waals surface area contributed by atoms with Crippen LogP contribution in [0.4, 0.5) is 11.5 Å².